The van der Waals surface area contributed by atoms with Gasteiger partial charge in [-0.1, -0.05) is 13.3 Å². The number of carbonyl (C=O) groups is 1. The quantitative estimate of drug-likeness (QED) is 0.649. The molecular formula is C11H17N3O. The average molecular weight is 207 g/mol. The van der Waals surface area contributed by atoms with Crippen LogP contribution in [0.5, 0.6) is 0 Å². The van der Waals surface area contributed by atoms with E-state index in [1.54, 1.807) is 12.1 Å². The van der Waals surface area contributed by atoms with Crippen molar-refractivity contribution in [2.24, 2.45) is 5.73 Å². The number of rotatable bonds is 4. The Balaban J connectivity index is 3.16. The van der Waals surface area contributed by atoms with Gasteiger partial charge in [0.2, 0.25) is 5.91 Å². The molecule has 1 aromatic rings. The van der Waals surface area contributed by atoms with Crippen LogP contribution < -0.4 is 17.2 Å². The fraction of sp³-hybridized carbons (Fsp3) is 0.364. The average Bonchev–Trinajstić information content (AvgIpc) is 2.19. The van der Waals surface area contributed by atoms with E-state index in [9.17, 15) is 4.79 Å². The summed E-state index contributed by atoms with van der Waals surface area (Å²) in [6, 6.07) is 3.25. The van der Waals surface area contributed by atoms with Gasteiger partial charge in [0, 0.05) is 5.56 Å². The fourth-order valence-electron chi connectivity index (χ4n) is 1.54. The molecule has 0 atom stereocenters. The predicted octanol–water partition coefficient (Wildman–Crippen LogP) is 1.29. The van der Waals surface area contributed by atoms with E-state index in [1.807, 2.05) is 0 Å². The first-order chi connectivity index (χ1) is 7.07. The van der Waals surface area contributed by atoms with Crippen molar-refractivity contribution in [3.63, 3.8) is 0 Å². The van der Waals surface area contributed by atoms with E-state index in [0.717, 1.165) is 24.8 Å². The molecule has 0 bridgehead atoms. The molecule has 0 aliphatic heterocycles. The molecule has 4 heteroatoms. The van der Waals surface area contributed by atoms with Crippen molar-refractivity contribution in [2.45, 2.75) is 26.2 Å². The van der Waals surface area contributed by atoms with Crippen LogP contribution in [0, 0.1) is 0 Å². The molecule has 15 heavy (non-hydrogen) atoms. The minimum atomic E-state index is -0.451. The van der Waals surface area contributed by atoms with Crippen LogP contribution in [0.15, 0.2) is 12.1 Å². The second-order valence-corrected chi connectivity index (χ2v) is 3.56. The van der Waals surface area contributed by atoms with Crippen LogP contribution in [0.2, 0.25) is 0 Å². The highest BCUT2D eigenvalue weighted by molar-refractivity contribution is 5.97. The summed E-state index contributed by atoms with van der Waals surface area (Å²) < 4.78 is 0. The molecule has 4 nitrogen and oxygen atoms in total. The first-order valence-corrected chi connectivity index (χ1v) is 5.04. The van der Waals surface area contributed by atoms with E-state index in [-0.39, 0.29) is 0 Å². The number of hydrogen-bond acceptors (Lipinski definition) is 3. The summed E-state index contributed by atoms with van der Waals surface area (Å²) in [5.74, 6) is -0.451. The Morgan fingerprint density at radius 1 is 1.33 bits per heavy atom. The third-order valence-corrected chi connectivity index (χ3v) is 2.44. The largest absolute Gasteiger partial charge is 0.397 e. The molecule has 82 valence electrons. The van der Waals surface area contributed by atoms with Crippen molar-refractivity contribution in [2.75, 3.05) is 11.5 Å². The Kier molecular flexibility index (Phi) is 3.55. The lowest BCUT2D eigenvalue weighted by Crippen LogP contribution is -2.16. The Morgan fingerprint density at radius 2 is 2.00 bits per heavy atom. The number of carbonyl (C=O) groups excluding carboxylic acids is 1. The van der Waals surface area contributed by atoms with Crippen LogP contribution >= 0.6 is 0 Å². The number of hydrogen-bond donors (Lipinski definition) is 3. The van der Waals surface area contributed by atoms with E-state index in [4.69, 9.17) is 17.2 Å². The second kappa shape index (κ2) is 4.68. The molecule has 1 amide bonds. The molecule has 0 aliphatic carbocycles. The summed E-state index contributed by atoms with van der Waals surface area (Å²) in [4.78, 5) is 11.2. The van der Waals surface area contributed by atoms with Crippen LogP contribution in [0.1, 0.15) is 35.7 Å². The van der Waals surface area contributed by atoms with Gasteiger partial charge in [0.15, 0.2) is 0 Å². The normalized spacial score (nSPS) is 10.2. The van der Waals surface area contributed by atoms with Crippen LogP contribution in [-0.2, 0) is 6.42 Å². The fourth-order valence-corrected chi connectivity index (χ4v) is 1.54. The van der Waals surface area contributed by atoms with Crippen LogP contribution in [0.25, 0.3) is 0 Å². The van der Waals surface area contributed by atoms with Gasteiger partial charge in [0.05, 0.1) is 11.4 Å². The number of primary amides is 1. The maximum absolute atomic E-state index is 11.2. The zero-order chi connectivity index (χ0) is 11.4. The monoisotopic (exact) mass is 207 g/mol. The highest BCUT2D eigenvalue weighted by Gasteiger charge is 2.12. The predicted molar refractivity (Wildman–Crippen MR) is 62.4 cm³/mol. The van der Waals surface area contributed by atoms with Crippen molar-refractivity contribution in [3.05, 3.63) is 23.3 Å². The van der Waals surface area contributed by atoms with Gasteiger partial charge in [-0.3, -0.25) is 4.79 Å². The lowest BCUT2D eigenvalue weighted by atomic mass is 9.98. The SMILES string of the molecule is CCCCc1c(C(N)=O)ccc(N)c1N. The van der Waals surface area contributed by atoms with Crippen LogP contribution in [0.3, 0.4) is 0 Å². The summed E-state index contributed by atoms with van der Waals surface area (Å²) in [5.41, 5.74) is 19.0. The molecule has 0 unspecified atom stereocenters. The molecule has 0 aromatic heterocycles. The van der Waals surface area contributed by atoms with Gasteiger partial charge in [-0.25, -0.2) is 0 Å². The molecule has 0 radical (unpaired) electrons. The van der Waals surface area contributed by atoms with E-state index < -0.39 is 5.91 Å². The zero-order valence-electron chi connectivity index (χ0n) is 8.92. The summed E-state index contributed by atoms with van der Waals surface area (Å²) in [6.07, 6.45) is 2.74. The molecule has 1 aromatic carbocycles. The number of nitrogens with two attached hydrogens (primary N) is 3. The maximum atomic E-state index is 11.2. The molecule has 0 aliphatic rings. The number of benzene rings is 1. The van der Waals surface area contributed by atoms with Crippen LogP contribution in [0.4, 0.5) is 11.4 Å². The highest BCUT2D eigenvalue weighted by Crippen LogP contribution is 2.25. The molecule has 0 saturated heterocycles. The first-order valence-electron chi connectivity index (χ1n) is 5.04. The summed E-state index contributed by atoms with van der Waals surface area (Å²) >= 11 is 0. The maximum Gasteiger partial charge on any atom is 0.249 e. The van der Waals surface area contributed by atoms with Gasteiger partial charge in [-0.15, -0.1) is 0 Å². The van der Waals surface area contributed by atoms with Gasteiger partial charge < -0.3 is 17.2 Å². The molecule has 0 saturated carbocycles. The van der Waals surface area contributed by atoms with Crippen molar-refractivity contribution in [1.29, 1.82) is 0 Å². The minimum Gasteiger partial charge on any atom is -0.397 e. The number of amides is 1. The first kappa shape index (κ1) is 11.4. The number of unbranched alkanes of at least 4 members (excludes halogenated alkanes) is 1. The van der Waals surface area contributed by atoms with Gasteiger partial charge >= 0.3 is 0 Å². The summed E-state index contributed by atoms with van der Waals surface area (Å²) in [6.45, 7) is 2.08. The van der Waals surface area contributed by atoms with Crippen LogP contribution in [-0.4, -0.2) is 5.91 Å². The summed E-state index contributed by atoms with van der Waals surface area (Å²) in [5, 5.41) is 0. The van der Waals surface area contributed by atoms with Crippen molar-refractivity contribution >= 4 is 17.3 Å². The van der Waals surface area contributed by atoms with Gasteiger partial charge in [-0.2, -0.15) is 0 Å². The molecular weight excluding hydrogens is 190 g/mol. The Hall–Kier alpha value is -1.71. The molecule has 6 N–H and O–H groups in total. The highest BCUT2D eigenvalue weighted by atomic mass is 16.1. The van der Waals surface area contributed by atoms with E-state index >= 15 is 0 Å². The van der Waals surface area contributed by atoms with Gasteiger partial charge in [-0.05, 0) is 30.5 Å². The number of nitrogen functional groups attached to an aromatic ring is 2. The lowest BCUT2D eigenvalue weighted by Gasteiger charge is -2.11. The molecule has 0 heterocycles. The van der Waals surface area contributed by atoms with Crippen molar-refractivity contribution < 1.29 is 4.79 Å². The number of anilines is 2. The topological polar surface area (TPSA) is 95.1 Å². The third-order valence-electron chi connectivity index (χ3n) is 2.44. The standard InChI is InChI=1S/C11H17N3O/c1-2-3-4-7-8(11(14)15)5-6-9(12)10(7)13/h5-6H,2-4,12-13H2,1H3,(H2,14,15). The second-order valence-electron chi connectivity index (χ2n) is 3.56. The zero-order valence-corrected chi connectivity index (χ0v) is 8.92. The van der Waals surface area contributed by atoms with Crippen molar-refractivity contribution in [3.8, 4) is 0 Å². The third kappa shape index (κ3) is 2.40. The summed E-state index contributed by atoms with van der Waals surface area (Å²) in [7, 11) is 0. The molecule has 0 spiro atoms. The van der Waals surface area contributed by atoms with Gasteiger partial charge in [0.25, 0.3) is 0 Å². The van der Waals surface area contributed by atoms with Gasteiger partial charge in [0.1, 0.15) is 0 Å². The Labute approximate surface area is 89.4 Å². The Morgan fingerprint density at radius 3 is 2.53 bits per heavy atom. The van der Waals surface area contributed by atoms with Crippen molar-refractivity contribution in [1.82, 2.24) is 0 Å². The smallest absolute Gasteiger partial charge is 0.249 e. The molecule has 1 rings (SSSR count). The van der Waals surface area contributed by atoms with E-state index in [2.05, 4.69) is 6.92 Å². The van der Waals surface area contributed by atoms with E-state index in [0.29, 0.717) is 16.9 Å². The Bertz CT molecular complexity index is 374. The molecule has 0 fully saturated rings. The minimum absolute atomic E-state index is 0.451. The van der Waals surface area contributed by atoms with E-state index in [1.165, 1.54) is 0 Å². The lowest BCUT2D eigenvalue weighted by molar-refractivity contribution is 0.0999.